The van der Waals surface area contributed by atoms with Gasteiger partial charge >= 0.3 is 0 Å². The molecule has 0 saturated carbocycles. The Morgan fingerprint density at radius 1 is 1.00 bits per heavy atom. The van der Waals surface area contributed by atoms with E-state index in [0.29, 0.717) is 35.2 Å². The zero-order chi connectivity index (χ0) is 21.1. The van der Waals surface area contributed by atoms with Crippen molar-refractivity contribution in [1.29, 1.82) is 0 Å². The van der Waals surface area contributed by atoms with Crippen molar-refractivity contribution in [2.45, 2.75) is 32.8 Å². The Kier molecular flexibility index (Phi) is 5.84. The van der Waals surface area contributed by atoms with E-state index >= 15 is 0 Å². The van der Waals surface area contributed by atoms with Crippen LogP contribution in [0.3, 0.4) is 0 Å². The minimum absolute atomic E-state index is 0.0453. The van der Waals surface area contributed by atoms with Gasteiger partial charge in [-0.05, 0) is 36.0 Å². The first-order chi connectivity index (χ1) is 14.5. The third-order valence-corrected chi connectivity index (χ3v) is 5.66. The smallest absolute Gasteiger partial charge is 0.273 e. The number of carbonyl (C=O) groups excluding carboxylic acids is 2. The van der Waals surface area contributed by atoms with Gasteiger partial charge < -0.3 is 15.1 Å². The number of amides is 2. The van der Waals surface area contributed by atoms with Gasteiger partial charge in [-0.15, -0.1) is 0 Å². The summed E-state index contributed by atoms with van der Waals surface area (Å²) in [6.45, 7) is 5.82. The molecule has 6 heteroatoms. The molecule has 4 rings (SSSR count). The predicted octanol–water partition coefficient (Wildman–Crippen LogP) is 4.26. The third-order valence-electron chi connectivity index (χ3n) is 5.66. The molecule has 2 aliphatic rings. The molecule has 0 radical (unpaired) electrons. The van der Waals surface area contributed by atoms with Gasteiger partial charge in [-0.3, -0.25) is 9.59 Å². The Morgan fingerprint density at radius 2 is 1.67 bits per heavy atom. The van der Waals surface area contributed by atoms with Gasteiger partial charge in [0.2, 0.25) is 0 Å². The van der Waals surface area contributed by atoms with Gasteiger partial charge in [0.05, 0.1) is 11.3 Å². The van der Waals surface area contributed by atoms with Gasteiger partial charge in [0.1, 0.15) is 5.71 Å². The minimum Gasteiger partial charge on any atom is -0.387 e. The van der Waals surface area contributed by atoms with Crippen molar-refractivity contribution in [3.8, 4) is 0 Å². The number of nitrogens with one attached hydrogen (secondary N) is 1. The molecule has 2 aromatic rings. The Labute approximate surface area is 176 Å². The first kappa shape index (κ1) is 20.1. The molecule has 30 heavy (non-hydrogen) atoms. The van der Waals surface area contributed by atoms with Crippen molar-refractivity contribution in [2.24, 2.45) is 17.0 Å². The average molecular weight is 405 g/mol. The second-order valence-corrected chi connectivity index (χ2v) is 8.40. The van der Waals surface area contributed by atoms with Crippen LogP contribution in [0.4, 0.5) is 5.69 Å². The molecule has 1 saturated heterocycles. The number of para-hydroxylation sites is 1. The first-order valence-corrected chi connectivity index (χ1v) is 10.5. The van der Waals surface area contributed by atoms with Crippen LogP contribution in [-0.2, 0) is 9.63 Å². The van der Waals surface area contributed by atoms with E-state index in [0.717, 1.165) is 25.1 Å². The van der Waals surface area contributed by atoms with Gasteiger partial charge in [-0.2, -0.15) is 0 Å². The van der Waals surface area contributed by atoms with Crippen LogP contribution in [-0.4, -0.2) is 35.5 Å². The molecular formula is C24H27N3O3. The van der Waals surface area contributed by atoms with Crippen molar-refractivity contribution in [1.82, 2.24) is 4.90 Å². The summed E-state index contributed by atoms with van der Waals surface area (Å²) in [5.74, 6) is 0.559. The second-order valence-electron chi connectivity index (χ2n) is 8.40. The normalized spacial score (nSPS) is 23.5. The fourth-order valence-electron chi connectivity index (χ4n) is 4.33. The maximum absolute atomic E-state index is 13.2. The maximum atomic E-state index is 13.2. The molecule has 1 N–H and O–H groups in total. The van der Waals surface area contributed by atoms with Crippen LogP contribution in [0.15, 0.2) is 59.8 Å². The molecule has 0 aliphatic carbocycles. The largest absolute Gasteiger partial charge is 0.387 e. The van der Waals surface area contributed by atoms with Crippen LogP contribution in [0.2, 0.25) is 0 Å². The standard InChI is InChI=1S/C24H27N3O3/c1-16-12-17(2)15-27(14-16)24(29)19-10-6-7-11-20(19)25-23(28)21-13-22(30-26-21)18-8-4-3-5-9-18/h3-11,16-17,22H,12-15H2,1-2H3,(H,25,28). The lowest BCUT2D eigenvalue weighted by molar-refractivity contribution is -0.110. The van der Waals surface area contributed by atoms with Crippen molar-refractivity contribution in [2.75, 3.05) is 18.4 Å². The van der Waals surface area contributed by atoms with Crippen LogP contribution < -0.4 is 5.32 Å². The van der Waals surface area contributed by atoms with Gasteiger partial charge in [0.15, 0.2) is 6.10 Å². The number of carbonyl (C=O) groups is 2. The topological polar surface area (TPSA) is 71.0 Å². The zero-order valence-electron chi connectivity index (χ0n) is 17.4. The summed E-state index contributed by atoms with van der Waals surface area (Å²) in [6, 6.07) is 16.9. The Morgan fingerprint density at radius 3 is 2.40 bits per heavy atom. The number of hydrogen-bond donors (Lipinski definition) is 1. The molecule has 0 spiro atoms. The number of oxime groups is 1. The highest BCUT2D eigenvalue weighted by Gasteiger charge is 2.30. The number of piperidine rings is 1. The average Bonchev–Trinajstić information content (AvgIpc) is 3.24. The monoisotopic (exact) mass is 405 g/mol. The fraction of sp³-hybridized carbons (Fsp3) is 0.375. The molecule has 0 bridgehead atoms. The third kappa shape index (κ3) is 4.37. The molecule has 156 valence electrons. The van der Waals surface area contributed by atoms with E-state index in [2.05, 4.69) is 24.3 Å². The molecule has 1 fully saturated rings. The summed E-state index contributed by atoms with van der Waals surface area (Å²) >= 11 is 0. The quantitative estimate of drug-likeness (QED) is 0.826. The van der Waals surface area contributed by atoms with Crippen molar-refractivity contribution in [3.05, 3.63) is 65.7 Å². The summed E-state index contributed by atoms with van der Waals surface area (Å²) in [5.41, 5.74) is 2.31. The SMILES string of the molecule is CC1CC(C)CN(C(=O)c2ccccc2NC(=O)C2=NOC(c3ccccc3)C2)C1. The van der Waals surface area contributed by atoms with Gasteiger partial charge in [-0.25, -0.2) is 0 Å². The predicted molar refractivity (Wildman–Crippen MR) is 116 cm³/mol. The van der Waals surface area contributed by atoms with E-state index in [1.807, 2.05) is 47.4 Å². The number of anilines is 1. The highest BCUT2D eigenvalue weighted by Crippen LogP contribution is 2.28. The van der Waals surface area contributed by atoms with E-state index in [9.17, 15) is 9.59 Å². The lowest BCUT2D eigenvalue weighted by Gasteiger charge is -2.35. The number of nitrogens with zero attached hydrogens (tertiary/aromatic N) is 2. The molecule has 6 nitrogen and oxygen atoms in total. The van der Waals surface area contributed by atoms with E-state index < -0.39 is 0 Å². The molecule has 2 aromatic carbocycles. The number of benzene rings is 2. The van der Waals surface area contributed by atoms with Crippen LogP contribution >= 0.6 is 0 Å². The second kappa shape index (κ2) is 8.69. The van der Waals surface area contributed by atoms with Crippen LogP contribution in [0.25, 0.3) is 0 Å². The zero-order valence-corrected chi connectivity index (χ0v) is 17.4. The van der Waals surface area contributed by atoms with E-state index in [-0.39, 0.29) is 17.9 Å². The summed E-state index contributed by atoms with van der Waals surface area (Å²) < 4.78 is 0. The summed E-state index contributed by atoms with van der Waals surface area (Å²) in [7, 11) is 0. The highest BCUT2D eigenvalue weighted by molar-refractivity contribution is 6.43. The molecular weight excluding hydrogens is 378 g/mol. The molecule has 3 atom stereocenters. The molecule has 2 heterocycles. The lowest BCUT2D eigenvalue weighted by atomic mass is 9.91. The van der Waals surface area contributed by atoms with Crippen molar-refractivity contribution >= 4 is 23.2 Å². The summed E-state index contributed by atoms with van der Waals surface area (Å²) in [6.07, 6.45) is 1.26. The van der Waals surface area contributed by atoms with Crippen LogP contribution in [0.1, 0.15) is 48.7 Å². The molecule has 3 unspecified atom stereocenters. The first-order valence-electron chi connectivity index (χ1n) is 10.5. The van der Waals surface area contributed by atoms with Crippen molar-refractivity contribution < 1.29 is 14.4 Å². The summed E-state index contributed by atoms with van der Waals surface area (Å²) in [4.78, 5) is 33.3. The number of rotatable bonds is 4. The van der Waals surface area contributed by atoms with E-state index in [1.165, 1.54) is 0 Å². The highest BCUT2D eigenvalue weighted by atomic mass is 16.6. The van der Waals surface area contributed by atoms with Crippen LogP contribution in [0.5, 0.6) is 0 Å². The Hall–Kier alpha value is -3.15. The van der Waals surface area contributed by atoms with Gasteiger partial charge in [0, 0.05) is 19.5 Å². The molecule has 2 aliphatic heterocycles. The summed E-state index contributed by atoms with van der Waals surface area (Å²) in [5, 5.41) is 6.85. The van der Waals surface area contributed by atoms with Crippen LogP contribution in [0, 0.1) is 11.8 Å². The Balaban J connectivity index is 1.45. The van der Waals surface area contributed by atoms with Gasteiger partial charge in [0.25, 0.3) is 11.8 Å². The molecule has 0 aromatic heterocycles. The van der Waals surface area contributed by atoms with Gasteiger partial charge in [-0.1, -0.05) is 61.5 Å². The molecule has 2 amide bonds. The van der Waals surface area contributed by atoms with E-state index in [1.54, 1.807) is 12.1 Å². The fourth-order valence-corrected chi connectivity index (χ4v) is 4.33. The number of hydrogen-bond acceptors (Lipinski definition) is 4. The van der Waals surface area contributed by atoms with Crippen molar-refractivity contribution in [3.63, 3.8) is 0 Å². The maximum Gasteiger partial charge on any atom is 0.273 e. The lowest BCUT2D eigenvalue weighted by Crippen LogP contribution is -2.42. The minimum atomic E-state index is -0.339. The van der Waals surface area contributed by atoms with E-state index in [4.69, 9.17) is 4.84 Å². The Bertz CT molecular complexity index is 947. The number of likely N-dealkylation sites (tertiary alicyclic amines) is 1.